The normalized spacial score (nSPS) is 13.6. The summed E-state index contributed by atoms with van der Waals surface area (Å²) in [5, 5.41) is 20.3. The van der Waals surface area contributed by atoms with Gasteiger partial charge in [0.1, 0.15) is 0 Å². The fraction of sp³-hybridized carbons (Fsp3) is 0.125. The van der Waals surface area contributed by atoms with Gasteiger partial charge in [0.15, 0.2) is 23.1 Å². The molecule has 0 saturated heterocycles. The van der Waals surface area contributed by atoms with Crippen LogP contribution in [-0.2, 0) is 10.2 Å². The van der Waals surface area contributed by atoms with Crippen LogP contribution < -0.4 is 4.72 Å². The molecule has 3 rings (SSSR count). The summed E-state index contributed by atoms with van der Waals surface area (Å²) in [6.45, 7) is 0. The second-order valence-electron chi connectivity index (χ2n) is 5.64. The predicted octanol–water partition coefficient (Wildman–Crippen LogP) is 1.09. The van der Waals surface area contributed by atoms with Gasteiger partial charge in [-0.1, -0.05) is 24.3 Å². The number of rotatable bonds is 3. The average Bonchev–Trinajstić information content (AvgIpc) is 2.56. The van der Waals surface area contributed by atoms with E-state index >= 15 is 0 Å². The van der Waals surface area contributed by atoms with E-state index in [1.807, 2.05) is 0 Å². The standard InChI is InChI=1S/C16H14N2O6S/c1-18(2)25(23,24)17-11-7-10-12(16(22)15(11)21)14(20)9-6-4-3-5-8(9)13(10)19/h3-7,17,21-22H,1-2H3. The van der Waals surface area contributed by atoms with Gasteiger partial charge in [-0.3, -0.25) is 14.3 Å². The minimum atomic E-state index is -3.99. The number of fused-ring (bicyclic) bond motifs is 2. The zero-order valence-electron chi connectivity index (χ0n) is 13.3. The van der Waals surface area contributed by atoms with E-state index in [9.17, 15) is 28.2 Å². The molecule has 0 unspecified atom stereocenters. The molecule has 2 aromatic carbocycles. The molecule has 2 aromatic rings. The van der Waals surface area contributed by atoms with E-state index in [1.165, 1.54) is 26.2 Å². The van der Waals surface area contributed by atoms with Crippen LogP contribution in [0.5, 0.6) is 11.5 Å². The third-order valence-corrected chi connectivity index (χ3v) is 5.32. The lowest BCUT2D eigenvalue weighted by atomic mass is 9.83. The third-order valence-electron chi connectivity index (χ3n) is 3.88. The van der Waals surface area contributed by atoms with Crippen LogP contribution in [0, 0.1) is 0 Å². The lowest BCUT2D eigenvalue weighted by molar-refractivity contribution is 0.0976. The van der Waals surface area contributed by atoms with Crippen LogP contribution in [0.25, 0.3) is 0 Å². The van der Waals surface area contributed by atoms with Gasteiger partial charge in [0.2, 0.25) is 0 Å². The zero-order chi connectivity index (χ0) is 18.5. The number of hydrogen-bond donors (Lipinski definition) is 3. The number of nitrogens with zero attached hydrogens (tertiary/aromatic N) is 1. The molecule has 0 heterocycles. The van der Waals surface area contributed by atoms with Crippen molar-refractivity contribution in [2.45, 2.75) is 0 Å². The number of ketones is 2. The SMILES string of the molecule is CN(C)S(=O)(=O)Nc1cc2c(c(O)c1O)C(=O)c1ccccc1C2=O. The maximum Gasteiger partial charge on any atom is 0.301 e. The molecule has 3 N–H and O–H groups in total. The van der Waals surface area contributed by atoms with Crippen LogP contribution in [0.1, 0.15) is 31.8 Å². The summed E-state index contributed by atoms with van der Waals surface area (Å²) in [5.41, 5.74) is -0.683. The Morgan fingerprint density at radius 1 is 0.920 bits per heavy atom. The highest BCUT2D eigenvalue weighted by Gasteiger charge is 2.34. The summed E-state index contributed by atoms with van der Waals surface area (Å²) in [5.74, 6) is -2.85. The van der Waals surface area contributed by atoms with E-state index in [0.717, 1.165) is 10.4 Å². The molecule has 0 radical (unpaired) electrons. The van der Waals surface area contributed by atoms with Gasteiger partial charge in [-0.15, -0.1) is 0 Å². The van der Waals surface area contributed by atoms with Crippen molar-refractivity contribution in [2.75, 3.05) is 18.8 Å². The van der Waals surface area contributed by atoms with Crippen molar-refractivity contribution >= 4 is 27.5 Å². The molecular formula is C16H14N2O6S. The predicted molar refractivity (Wildman–Crippen MR) is 89.3 cm³/mol. The fourth-order valence-corrected chi connectivity index (χ4v) is 3.15. The Bertz CT molecular complexity index is 1030. The van der Waals surface area contributed by atoms with E-state index in [2.05, 4.69) is 4.72 Å². The molecule has 0 aliphatic heterocycles. The Morgan fingerprint density at radius 3 is 2.04 bits per heavy atom. The van der Waals surface area contributed by atoms with Crippen LogP contribution >= 0.6 is 0 Å². The first-order chi connectivity index (χ1) is 11.6. The van der Waals surface area contributed by atoms with Gasteiger partial charge in [0.25, 0.3) is 0 Å². The van der Waals surface area contributed by atoms with Gasteiger partial charge in [-0.05, 0) is 6.07 Å². The molecule has 25 heavy (non-hydrogen) atoms. The van der Waals surface area contributed by atoms with Crippen LogP contribution in [0.3, 0.4) is 0 Å². The van der Waals surface area contributed by atoms with Crippen molar-refractivity contribution in [3.63, 3.8) is 0 Å². The molecular weight excluding hydrogens is 348 g/mol. The van der Waals surface area contributed by atoms with Crippen molar-refractivity contribution in [3.8, 4) is 11.5 Å². The lowest BCUT2D eigenvalue weighted by Gasteiger charge is -2.21. The first-order valence-electron chi connectivity index (χ1n) is 7.12. The summed E-state index contributed by atoms with van der Waals surface area (Å²) in [4.78, 5) is 25.2. The van der Waals surface area contributed by atoms with Crippen LogP contribution in [0.2, 0.25) is 0 Å². The van der Waals surface area contributed by atoms with E-state index in [1.54, 1.807) is 12.1 Å². The van der Waals surface area contributed by atoms with Crippen LogP contribution in [0.15, 0.2) is 30.3 Å². The molecule has 0 atom stereocenters. The van der Waals surface area contributed by atoms with Gasteiger partial charge < -0.3 is 10.2 Å². The average molecular weight is 362 g/mol. The van der Waals surface area contributed by atoms with E-state index in [-0.39, 0.29) is 22.3 Å². The second-order valence-corrected chi connectivity index (χ2v) is 7.52. The van der Waals surface area contributed by atoms with Crippen molar-refractivity contribution in [3.05, 3.63) is 52.6 Å². The molecule has 0 saturated carbocycles. The van der Waals surface area contributed by atoms with Crippen molar-refractivity contribution in [1.29, 1.82) is 0 Å². The molecule has 130 valence electrons. The number of aromatic hydroxyl groups is 2. The van der Waals surface area contributed by atoms with Gasteiger partial charge in [0.05, 0.1) is 11.3 Å². The first kappa shape index (κ1) is 16.9. The number of benzene rings is 2. The summed E-state index contributed by atoms with van der Waals surface area (Å²) in [6.07, 6.45) is 0. The third kappa shape index (κ3) is 2.53. The van der Waals surface area contributed by atoms with E-state index in [4.69, 9.17) is 0 Å². The highest BCUT2D eigenvalue weighted by atomic mass is 32.2. The van der Waals surface area contributed by atoms with Crippen LogP contribution in [0.4, 0.5) is 5.69 Å². The maximum absolute atomic E-state index is 12.6. The molecule has 1 aliphatic carbocycles. The lowest BCUT2D eigenvalue weighted by Crippen LogP contribution is -2.29. The van der Waals surface area contributed by atoms with Gasteiger partial charge >= 0.3 is 10.2 Å². The minimum absolute atomic E-state index is 0.108. The Morgan fingerprint density at radius 2 is 1.48 bits per heavy atom. The first-order valence-corrected chi connectivity index (χ1v) is 8.56. The topological polar surface area (TPSA) is 124 Å². The number of phenolic OH excluding ortho intramolecular Hbond substituents is 2. The molecule has 0 spiro atoms. The Balaban J connectivity index is 2.23. The fourth-order valence-electron chi connectivity index (χ4n) is 2.53. The van der Waals surface area contributed by atoms with Crippen LogP contribution in [-0.4, -0.2) is 48.6 Å². The highest BCUT2D eigenvalue weighted by molar-refractivity contribution is 7.90. The Kier molecular flexibility index (Phi) is 3.77. The van der Waals surface area contributed by atoms with Crippen molar-refractivity contribution in [1.82, 2.24) is 4.31 Å². The molecule has 0 aromatic heterocycles. The molecule has 1 aliphatic rings. The van der Waals surface area contributed by atoms with E-state index < -0.39 is 39.0 Å². The molecule has 9 heteroatoms. The number of hydrogen-bond acceptors (Lipinski definition) is 6. The smallest absolute Gasteiger partial charge is 0.301 e. The zero-order valence-corrected chi connectivity index (χ0v) is 14.1. The summed E-state index contributed by atoms with van der Waals surface area (Å²) in [7, 11) is -1.46. The number of carbonyl (C=O) groups is 2. The number of carbonyl (C=O) groups excluding carboxylic acids is 2. The minimum Gasteiger partial charge on any atom is -0.504 e. The maximum atomic E-state index is 12.6. The molecule has 8 nitrogen and oxygen atoms in total. The van der Waals surface area contributed by atoms with Gasteiger partial charge in [-0.2, -0.15) is 12.7 Å². The largest absolute Gasteiger partial charge is 0.504 e. The Hall–Kier alpha value is -2.91. The molecule has 0 fully saturated rings. The summed E-state index contributed by atoms with van der Waals surface area (Å²) in [6, 6.07) is 7.11. The molecule has 0 amide bonds. The monoisotopic (exact) mass is 362 g/mol. The highest BCUT2D eigenvalue weighted by Crippen LogP contribution is 2.43. The Labute approximate surface area is 143 Å². The van der Waals surface area contributed by atoms with E-state index in [0.29, 0.717) is 0 Å². The quantitative estimate of drug-likeness (QED) is 0.599. The second kappa shape index (κ2) is 5.57. The van der Waals surface area contributed by atoms with Gasteiger partial charge in [0, 0.05) is 30.8 Å². The number of anilines is 1. The summed E-state index contributed by atoms with van der Waals surface area (Å²) < 4.78 is 26.8. The summed E-state index contributed by atoms with van der Waals surface area (Å²) >= 11 is 0. The van der Waals surface area contributed by atoms with Gasteiger partial charge in [-0.25, -0.2) is 0 Å². The number of phenols is 2. The number of nitrogens with one attached hydrogen (secondary N) is 1. The molecule has 0 bridgehead atoms. The van der Waals surface area contributed by atoms with Crippen molar-refractivity contribution < 1.29 is 28.2 Å². The van der Waals surface area contributed by atoms with Crippen molar-refractivity contribution in [2.24, 2.45) is 0 Å².